The van der Waals surface area contributed by atoms with Crippen molar-refractivity contribution in [2.24, 2.45) is 0 Å². The van der Waals surface area contributed by atoms with Gasteiger partial charge < -0.3 is 15.4 Å². The topological polar surface area (TPSA) is 85.2 Å². The van der Waals surface area contributed by atoms with E-state index in [-0.39, 0.29) is 18.2 Å². The molecule has 1 aliphatic heterocycles. The molecular weight excluding hydrogens is 380 g/mol. The zero-order chi connectivity index (χ0) is 19.7. The molecular formula is C20H17ClN4O3. The van der Waals surface area contributed by atoms with E-state index < -0.39 is 6.04 Å². The highest BCUT2D eigenvalue weighted by Gasteiger charge is 2.33. The number of carbonyl (C=O) groups excluding carboxylic acids is 2. The van der Waals surface area contributed by atoms with E-state index in [4.69, 9.17) is 16.3 Å². The summed E-state index contributed by atoms with van der Waals surface area (Å²) in [7, 11) is 1.53. The second-order valence-corrected chi connectivity index (χ2v) is 6.73. The van der Waals surface area contributed by atoms with Crippen LogP contribution in [0.3, 0.4) is 0 Å². The number of methoxy groups -OCH3 is 1. The van der Waals surface area contributed by atoms with E-state index in [9.17, 15) is 9.59 Å². The van der Waals surface area contributed by atoms with E-state index in [2.05, 4.69) is 15.7 Å². The number of amides is 2. The summed E-state index contributed by atoms with van der Waals surface area (Å²) in [5.74, 6) is 0.433. The van der Waals surface area contributed by atoms with E-state index in [1.54, 1.807) is 24.4 Å². The molecule has 0 fully saturated rings. The van der Waals surface area contributed by atoms with Crippen LogP contribution < -0.4 is 15.4 Å². The van der Waals surface area contributed by atoms with Gasteiger partial charge in [0, 0.05) is 11.6 Å². The Bertz CT molecular complexity index is 1050. The lowest BCUT2D eigenvalue weighted by Crippen LogP contribution is -2.35. The first-order chi connectivity index (χ1) is 13.6. The fourth-order valence-corrected chi connectivity index (χ4v) is 3.31. The van der Waals surface area contributed by atoms with Crippen LogP contribution in [0, 0.1) is 0 Å². The molecule has 0 aliphatic carbocycles. The maximum atomic E-state index is 12.9. The van der Waals surface area contributed by atoms with Crippen molar-refractivity contribution in [2.75, 3.05) is 17.7 Å². The number of hydrogen-bond donors (Lipinski definition) is 2. The molecule has 1 aliphatic rings. The lowest BCUT2D eigenvalue weighted by Gasteiger charge is -2.24. The fraction of sp³-hybridized carbons (Fsp3) is 0.150. The highest BCUT2D eigenvalue weighted by molar-refractivity contribution is 6.33. The first-order valence-corrected chi connectivity index (χ1v) is 9.02. The van der Waals surface area contributed by atoms with E-state index in [1.165, 1.54) is 11.8 Å². The van der Waals surface area contributed by atoms with E-state index in [0.717, 1.165) is 11.1 Å². The van der Waals surface area contributed by atoms with E-state index in [0.29, 0.717) is 22.3 Å². The minimum absolute atomic E-state index is 0.0175. The van der Waals surface area contributed by atoms with E-state index >= 15 is 0 Å². The Morgan fingerprint density at radius 3 is 2.82 bits per heavy atom. The number of halogens is 1. The maximum Gasteiger partial charge on any atom is 0.249 e. The van der Waals surface area contributed by atoms with Gasteiger partial charge in [-0.1, -0.05) is 41.9 Å². The van der Waals surface area contributed by atoms with Gasteiger partial charge in [-0.05, 0) is 17.7 Å². The van der Waals surface area contributed by atoms with Crippen LogP contribution >= 0.6 is 11.6 Å². The zero-order valence-electron chi connectivity index (χ0n) is 15.0. The average molecular weight is 397 g/mol. The molecule has 2 aromatic carbocycles. The molecule has 0 radical (unpaired) electrons. The molecule has 1 aromatic heterocycles. The summed E-state index contributed by atoms with van der Waals surface area (Å²) in [4.78, 5) is 25.2. The number of aromatic nitrogens is 2. The number of fused-ring (bicyclic) bond motifs is 1. The lowest BCUT2D eigenvalue weighted by molar-refractivity contribution is -0.125. The quantitative estimate of drug-likeness (QED) is 0.703. The zero-order valence-corrected chi connectivity index (χ0v) is 15.7. The van der Waals surface area contributed by atoms with Gasteiger partial charge in [0.2, 0.25) is 11.8 Å². The fourth-order valence-electron chi connectivity index (χ4n) is 3.14. The molecule has 2 amide bonds. The van der Waals surface area contributed by atoms with Gasteiger partial charge in [0.15, 0.2) is 0 Å². The largest absolute Gasteiger partial charge is 0.497 e. The first kappa shape index (κ1) is 18.1. The van der Waals surface area contributed by atoms with Crippen molar-refractivity contribution < 1.29 is 14.3 Å². The van der Waals surface area contributed by atoms with Gasteiger partial charge in [-0.25, -0.2) is 4.68 Å². The summed E-state index contributed by atoms with van der Waals surface area (Å²) in [6.07, 6.45) is 1.63. The van der Waals surface area contributed by atoms with Crippen LogP contribution in [0.2, 0.25) is 5.02 Å². The Morgan fingerprint density at radius 1 is 1.29 bits per heavy atom. The molecule has 1 unspecified atom stereocenters. The molecule has 3 aromatic rings. The van der Waals surface area contributed by atoms with Crippen LogP contribution in [0.4, 0.5) is 11.5 Å². The Labute approximate surface area is 166 Å². The molecule has 4 rings (SSSR count). The number of benzene rings is 2. The SMILES string of the molecule is COc1ccc(Cl)c(NC(=O)C2CC(=O)Nc3c(-c4ccccc4)cnn32)c1. The Morgan fingerprint density at radius 2 is 2.07 bits per heavy atom. The molecule has 0 saturated carbocycles. The Hall–Kier alpha value is -3.32. The van der Waals surface area contributed by atoms with Crippen LogP contribution in [0.15, 0.2) is 54.7 Å². The van der Waals surface area contributed by atoms with Crippen molar-refractivity contribution in [1.29, 1.82) is 0 Å². The van der Waals surface area contributed by atoms with Crippen molar-refractivity contribution in [3.63, 3.8) is 0 Å². The molecule has 2 heterocycles. The number of nitrogens with zero attached hydrogens (tertiary/aromatic N) is 2. The summed E-state index contributed by atoms with van der Waals surface area (Å²) in [5, 5.41) is 10.3. The monoisotopic (exact) mass is 396 g/mol. The van der Waals surface area contributed by atoms with Crippen LogP contribution in [0.25, 0.3) is 11.1 Å². The molecule has 0 bridgehead atoms. The summed E-state index contributed by atoms with van der Waals surface area (Å²) in [6.45, 7) is 0. The third-order valence-corrected chi connectivity index (χ3v) is 4.88. The number of anilines is 2. The summed E-state index contributed by atoms with van der Waals surface area (Å²) in [5.41, 5.74) is 2.07. The molecule has 7 nitrogen and oxygen atoms in total. The van der Waals surface area contributed by atoms with Crippen molar-refractivity contribution in [3.8, 4) is 16.9 Å². The molecule has 142 valence electrons. The number of ether oxygens (including phenoxy) is 1. The number of rotatable bonds is 4. The molecule has 0 saturated heterocycles. The molecule has 8 heteroatoms. The van der Waals surface area contributed by atoms with Crippen LogP contribution in [-0.4, -0.2) is 28.7 Å². The van der Waals surface area contributed by atoms with Crippen LogP contribution in [0.1, 0.15) is 12.5 Å². The maximum absolute atomic E-state index is 12.9. The third kappa shape index (κ3) is 3.32. The van der Waals surface area contributed by atoms with Crippen molar-refractivity contribution in [3.05, 3.63) is 59.8 Å². The van der Waals surface area contributed by atoms with Gasteiger partial charge in [-0.3, -0.25) is 9.59 Å². The van der Waals surface area contributed by atoms with Gasteiger partial charge in [-0.2, -0.15) is 5.10 Å². The predicted octanol–water partition coefficient (Wildman–Crippen LogP) is 3.73. The molecule has 1 atom stereocenters. The summed E-state index contributed by atoms with van der Waals surface area (Å²) in [6, 6.07) is 13.7. The summed E-state index contributed by atoms with van der Waals surface area (Å²) >= 11 is 6.18. The van der Waals surface area contributed by atoms with Crippen molar-refractivity contribution in [1.82, 2.24) is 9.78 Å². The predicted molar refractivity (Wildman–Crippen MR) is 107 cm³/mol. The second kappa shape index (κ2) is 7.36. The Balaban J connectivity index is 1.66. The standard InChI is InChI=1S/C20H17ClN4O3/c1-28-13-7-8-15(21)16(9-13)23-20(27)17-10-18(26)24-19-14(11-22-25(17)19)12-5-3-2-4-6-12/h2-9,11,17H,10H2,1H3,(H,23,27)(H,24,26). The second-order valence-electron chi connectivity index (χ2n) is 6.32. The normalized spacial score (nSPS) is 15.5. The number of carbonyl (C=O) groups is 2. The molecule has 2 N–H and O–H groups in total. The van der Waals surface area contributed by atoms with Gasteiger partial charge >= 0.3 is 0 Å². The van der Waals surface area contributed by atoms with Crippen molar-refractivity contribution >= 4 is 34.9 Å². The lowest BCUT2D eigenvalue weighted by atomic mass is 10.1. The van der Waals surface area contributed by atoms with E-state index in [1.807, 2.05) is 30.3 Å². The van der Waals surface area contributed by atoms with Crippen molar-refractivity contribution in [2.45, 2.75) is 12.5 Å². The number of hydrogen-bond acceptors (Lipinski definition) is 4. The summed E-state index contributed by atoms with van der Waals surface area (Å²) < 4.78 is 6.71. The van der Waals surface area contributed by atoms with Crippen LogP contribution in [0.5, 0.6) is 5.75 Å². The smallest absolute Gasteiger partial charge is 0.249 e. The van der Waals surface area contributed by atoms with Crippen LogP contribution in [-0.2, 0) is 9.59 Å². The van der Waals surface area contributed by atoms with Gasteiger partial charge in [-0.15, -0.1) is 0 Å². The molecule has 28 heavy (non-hydrogen) atoms. The van der Waals surface area contributed by atoms with Gasteiger partial charge in [0.1, 0.15) is 17.6 Å². The van der Waals surface area contributed by atoms with Gasteiger partial charge in [0.25, 0.3) is 0 Å². The first-order valence-electron chi connectivity index (χ1n) is 8.64. The molecule has 0 spiro atoms. The number of nitrogens with one attached hydrogen (secondary N) is 2. The highest BCUT2D eigenvalue weighted by atomic mass is 35.5. The minimum atomic E-state index is -0.788. The minimum Gasteiger partial charge on any atom is -0.497 e. The third-order valence-electron chi connectivity index (χ3n) is 4.55. The average Bonchev–Trinajstić information content (AvgIpc) is 3.13. The highest BCUT2D eigenvalue weighted by Crippen LogP contribution is 2.35. The van der Waals surface area contributed by atoms with Gasteiger partial charge in [0.05, 0.1) is 30.4 Å². The Kier molecular flexibility index (Phi) is 4.75.